The zero-order chi connectivity index (χ0) is 24.9. The number of alkyl halides is 3. The van der Waals surface area contributed by atoms with Crippen molar-refractivity contribution in [1.29, 1.82) is 0 Å². The minimum Gasteiger partial charge on any atom is -0.307 e. The van der Waals surface area contributed by atoms with E-state index in [1.54, 1.807) is 4.90 Å². The first-order valence-corrected chi connectivity index (χ1v) is 11.5. The van der Waals surface area contributed by atoms with E-state index in [0.717, 1.165) is 23.3 Å². The summed E-state index contributed by atoms with van der Waals surface area (Å²) >= 11 is 0. The van der Waals surface area contributed by atoms with E-state index >= 15 is 0 Å². The zero-order valence-corrected chi connectivity index (χ0v) is 19.6. The summed E-state index contributed by atoms with van der Waals surface area (Å²) in [6.45, 7) is 7.35. The Morgan fingerprint density at radius 1 is 1.00 bits per heavy atom. The van der Waals surface area contributed by atoms with Gasteiger partial charge in [-0.2, -0.15) is 13.2 Å². The first-order chi connectivity index (χ1) is 15.8. The highest BCUT2D eigenvalue weighted by Gasteiger charge is 2.47. The summed E-state index contributed by atoms with van der Waals surface area (Å²) in [5.41, 5.74) is 1.40. The van der Waals surface area contributed by atoms with E-state index in [4.69, 9.17) is 0 Å². The predicted octanol–water partition coefficient (Wildman–Crippen LogP) is 6.21. The van der Waals surface area contributed by atoms with Crippen molar-refractivity contribution in [3.63, 3.8) is 0 Å². The SMILES string of the molecule is CC(C)(C)c1ccc2c(c1)C1(CCN(CCC(F)(F)F)CC1)CN2C(=O)c1c(F)cccc1F. The number of carbonyl (C=O) groups excluding carboxylic acids is 1. The summed E-state index contributed by atoms with van der Waals surface area (Å²) < 4.78 is 66.9. The molecule has 0 N–H and O–H groups in total. The van der Waals surface area contributed by atoms with Crippen molar-refractivity contribution in [3.05, 3.63) is 64.7 Å². The summed E-state index contributed by atoms with van der Waals surface area (Å²) in [7, 11) is 0. The number of anilines is 1. The third-order valence-electron chi connectivity index (χ3n) is 7.13. The third-order valence-corrected chi connectivity index (χ3v) is 7.13. The summed E-state index contributed by atoms with van der Waals surface area (Å²) in [6.07, 6.45) is -3.93. The Kier molecular flexibility index (Phi) is 6.25. The second kappa shape index (κ2) is 8.63. The fraction of sp³-hybridized carbons (Fsp3) is 0.500. The molecule has 0 radical (unpaired) electrons. The number of carbonyl (C=O) groups is 1. The van der Waals surface area contributed by atoms with E-state index in [1.165, 1.54) is 11.0 Å². The molecule has 0 atom stereocenters. The quantitative estimate of drug-likeness (QED) is 0.488. The van der Waals surface area contributed by atoms with Gasteiger partial charge < -0.3 is 9.80 Å². The van der Waals surface area contributed by atoms with Crippen molar-refractivity contribution in [2.75, 3.05) is 31.1 Å². The van der Waals surface area contributed by atoms with Gasteiger partial charge in [-0.15, -0.1) is 0 Å². The van der Waals surface area contributed by atoms with Gasteiger partial charge in [0.1, 0.15) is 17.2 Å². The second-order valence-electron chi connectivity index (χ2n) is 10.5. The van der Waals surface area contributed by atoms with Crippen LogP contribution in [-0.2, 0) is 10.8 Å². The van der Waals surface area contributed by atoms with Gasteiger partial charge in [0, 0.05) is 24.2 Å². The first-order valence-electron chi connectivity index (χ1n) is 11.5. The van der Waals surface area contributed by atoms with Crippen LogP contribution in [0.4, 0.5) is 27.6 Å². The number of benzene rings is 2. The molecule has 0 aromatic heterocycles. The number of likely N-dealkylation sites (tertiary alicyclic amines) is 1. The summed E-state index contributed by atoms with van der Waals surface area (Å²) in [5.74, 6) is -2.57. The number of rotatable bonds is 3. The van der Waals surface area contributed by atoms with E-state index < -0.39 is 41.1 Å². The summed E-state index contributed by atoms with van der Waals surface area (Å²) in [5, 5.41) is 0. The average molecular weight is 481 g/mol. The lowest BCUT2D eigenvalue weighted by Crippen LogP contribution is -2.46. The molecule has 0 unspecified atom stereocenters. The van der Waals surface area contributed by atoms with Crippen molar-refractivity contribution in [2.24, 2.45) is 0 Å². The van der Waals surface area contributed by atoms with Gasteiger partial charge >= 0.3 is 6.18 Å². The first kappa shape index (κ1) is 24.6. The minimum atomic E-state index is -4.20. The van der Waals surface area contributed by atoms with E-state index in [1.807, 2.05) is 12.1 Å². The van der Waals surface area contributed by atoms with Gasteiger partial charge in [0.25, 0.3) is 5.91 Å². The zero-order valence-electron chi connectivity index (χ0n) is 19.6. The van der Waals surface area contributed by atoms with Gasteiger partial charge in [-0.25, -0.2) is 8.78 Å². The second-order valence-corrected chi connectivity index (χ2v) is 10.5. The van der Waals surface area contributed by atoms with Crippen LogP contribution in [-0.4, -0.2) is 43.2 Å². The number of piperidine rings is 1. The largest absolute Gasteiger partial charge is 0.390 e. The van der Waals surface area contributed by atoms with Gasteiger partial charge in [-0.3, -0.25) is 4.79 Å². The van der Waals surface area contributed by atoms with Crippen LogP contribution in [0.2, 0.25) is 0 Å². The van der Waals surface area contributed by atoms with Crippen molar-refractivity contribution < 1.29 is 26.7 Å². The monoisotopic (exact) mass is 480 g/mol. The molecule has 2 aliphatic heterocycles. The maximum absolute atomic E-state index is 14.4. The molecule has 0 aliphatic carbocycles. The minimum absolute atomic E-state index is 0.0580. The van der Waals surface area contributed by atoms with Crippen LogP contribution in [0.15, 0.2) is 36.4 Å². The molecule has 2 aliphatic rings. The topological polar surface area (TPSA) is 23.6 Å². The smallest absolute Gasteiger partial charge is 0.307 e. The van der Waals surface area contributed by atoms with Gasteiger partial charge in [0.15, 0.2) is 0 Å². The highest BCUT2D eigenvalue weighted by molar-refractivity contribution is 6.08. The van der Waals surface area contributed by atoms with E-state index in [0.29, 0.717) is 31.6 Å². The van der Waals surface area contributed by atoms with Gasteiger partial charge in [0.05, 0.1) is 6.42 Å². The Morgan fingerprint density at radius 2 is 1.62 bits per heavy atom. The highest BCUT2D eigenvalue weighted by atomic mass is 19.4. The van der Waals surface area contributed by atoms with Crippen molar-refractivity contribution in [1.82, 2.24) is 4.90 Å². The molecule has 184 valence electrons. The van der Waals surface area contributed by atoms with Crippen molar-refractivity contribution >= 4 is 11.6 Å². The maximum Gasteiger partial charge on any atom is 0.390 e. The van der Waals surface area contributed by atoms with Gasteiger partial charge in [-0.05, 0) is 60.7 Å². The molecule has 2 heterocycles. The van der Waals surface area contributed by atoms with E-state index in [-0.39, 0.29) is 18.5 Å². The molecular weight excluding hydrogens is 451 g/mol. The number of hydrogen-bond acceptors (Lipinski definition) is 2. The molecule has 1 saturated heterocycles. The van der Waals surface area contributed by atoms with Crippen LogP contribution in [0.5, 0.6) is 0 Å². The molecular formula is C26H29F5N2O. The Balaban J connectivity index is 1.68. The molecule has 1 spiro atoms. The Hall–Kier alpha value is -2.48. The van der Waals surface area contributed by atoms with Crippen molar-refractivity contribution in [2.45, 2.75) is 57.0 Å². The number of hydrogen-bond donors (Lipinski definition) is 0. The van der Waals surface area contributed by atoms with Gasteiger partial charge in [-0.1, -0.05) is 39.0 Å². The molecule has 8 heteroatoms. The molecule has 2 aromatic rings. The van der Waals surface area contributed by atoms with E-state index in [9.17, 15) is 26.7 Å². The fourth-order valence-electron chi connectivity index (χ4n) is 5.07. The summed E-state index contributed by atoms with van der Waals surface area (Å²) in [4.78, 5) is 16.6. The molecule has 34 heavy (non-hydrogen) atoms. The molecule has 2 aromatic carbocycles. The lowest BCUT2D eigenvalue weighted by atomic mass is 9.72. The molecule has 1 fully saturated rings. The Bertz CT molecular complexity index is 1060. The third kappa shape index (κ3) is 4.69. The fourth-order valence-corrected chi connectivity index (χ4v) is 5.07. The Morgan fingerprint density at radius 3 is 2.18 bits per heavy atom. The molecule has 3 nitrogen and oxygen atoms in total. The Labute approximate surface area is 196 Å². The number of amides is 1. The molecule has 4 rings (SSSR count). The molecule has 0 bridgehead atoms. The number of fused-ring (bicyclic) bond motifs is 2. The lowest BCUT2D eigenvalue weighted by Gasteiger charge is -2.40. The van der Waals surface area contributed by atoms with E-state index in [2.05, 4.69) is 26.8 Å². The maximum atomic E-state index is 14.4. The number of halogens is 5. The van der Waals surface area contributed by atoms with Crippen LogP contribution in [0, 0.1) is 11.6 Å². The standard InChI is InChI=1S/C26H29F5N2O/c1-24(2,3)17-7-8-21-18(15-17)25(9-12-32(13-10-25)14-11-26(29,30)31)16-33(21)23(34)22-19(27)5-4-6-20(22)28/h4-8,15H,9-14,16H2,1-3H3. The lowest BCUT2D eigenvalue weighted by molar-refractivity contribution is -0.138. The molecule has 1 amide bonds. The average Bonchev–Trinajstić information content (AvgIpc) is 3.06. The summed E-state index contributed by atoms with van der Waals surface area (Å²) in [6, 6.07) is 9.15. The number of nitrogens with zero attached hydrogens (tertiary/aromatic N) is 2. The normalized spacial score (nSPS) is 18.4. The van der Waals surface area contributed by atoms with Gasteiger partial charge in [0.2, 0.25) is 0 Å². The van der Waals surface area contributed by atoms with Crippen LogP contribution in [0.1, 0.15) is 61.5 Å². The van der Waals surface area contributed by atoms with Crippen LogP contribution in [0.3, 0.4) is 0 Å². The molecule has 0 saturated carbocycles. The highest BCUT2D eigenvalue weighted by Crippen LogP contribution is 2.49. The van der Waals surface area contributed by atoms with Crippen LogP contribution >= 0.6 is 0 Å². The van der Waals surface area contributed by atoms with Crippen LogP contribution < -0.4 is 4.90 Å². The van der Waals surface area contributed by atoms with Crippen molar-refractivity contribution in [3.8, 4) is 0 Å². The predicted molar refractivity (Wildman–Crippen MR) is 121 cm³/mol. The van der Waals surface area contributed by atoms with Crippen LogP contribution in [0.25, 0.3) is 0 Å².